The number of fused-ring (bicyclic) bond motifs is 2. The SMILES string of the molecule is C=CC(=O)OCCCCOc1ccc(C(=O)Oc2ccc3cc(C(=O)c4ccc(OCCCCOC(=O)C=C)cc4)ccc3c2)cc1.C[C@@H]1CO[C@H]2[C@@H]1OC[C@@H]2C. The normalized spacial score (nSPS) is 18.0. The van der Waals surface area contributed by atoms with Crippen molar-refractivity contribution in [2.45, 2.75) is 51.7 Å². The van der Waals surface area contributed by atoms with Crippen LogP contribution in [0.15, 0.2) is 110 Å². The minimum atomic E-state index is -0.506. The minimum Gasteiger partial charge on any atom is -0.494 e. The van der Waals surface area contributed by atoms with E-state index >= 15 is 0 Å². The Balaban J connectivity index is 0.000000532. The Morgan fingerprint density at radius 2 is 1.02 bits per heavy atom. The molecule has 2 saturated heterocycles. The average Bonchev–Trinajstić information content (AvgIpc) is 3.81. The lowest BCUT2D eigenvalue weighted by molar-refractivity contribution is -0.138. The van der Waals surface area contributed by atoms with Crippen LogP contribution in [0.3, 0.4) is 0 Å². The van der Waals surface area contributed by atoms with Crippen LogP contribution in [0.4, 0.5) is 0 Å². The topological polar surface area (TPSA) is 133 Å². The number of esters is 3. The summed E-state index contributed by atoms with van der Waals surface area (Å²) in [7, 11) is 0. The van der Waals surface area contributed by atoms with Crippen LogP contribution in [0.2, 0.25) is 0 Å². The molecular formula is C46H50O11. The molecule has 0 spiro atoms. The van der Waals surface area contributed by atoms with E-state index < -0.39 is 17.9 Å². The van der Waals surface area contributed by atoms with Gasteiger partial charge >= 0.3 is 17.9 Å². The van der Waals surface area contributed by atoms with E-state index in [1.165, 1.54) is 0 Å². The standard InChI is InChI=1S/C38H36O9.C8H14O2/c1-3-35(39)45-23-7-5-21-43-32-16-11-27(12-17-32)37(41)31-10-9-30-26-34(20-15-29(30)25-31)47-38(42)28-13-18-33(19-14-28)44-22-6-8-24-46-36(40)4-2;1-5-3-9-8-6(2)4-10-7(5)8/h3-4,9-20,25-26H,1-2,5-8,21-24H2;5-8H,3-4H2,1-2H3/t;5-,6+,7-,8-/m.1/s1. The first-order valence-electron chi connectivity index (χ1n) is 19.2. The van der Waals surface area contributed by atoms with E-state index in [1.807, 2.05) is 6.07 Å². The largest absolute Gasteiger partial charge is 0.494 e. The van der Waals surface area contributed by atoms with Crippen LogP contribution in [0.5, 0.6) is 17.2 Å². The summed E-state index contributed by atoms with van der Waals surface area (Å²) < 4.78 is 38.0. The number of unbranched alkanes of at least 4 members (excludes halogenated alkanes) is 2. The van der Waals surface area contributed by atoms with Crippen molar-refractivity contribution in [3.63, 3.8) is 0 Å². The average molecular weight is 779 g/mol. The molecule has 6 rings (SSSR count). The Bertz CT molecular complexity index is 1970. The molecule has 2 fully saturated rings. The predicted molar refractivity (Wildman–Crippen MR) is 215 cm³/mol. The van der Waals surface area contributed by atoms with Crippen LogP contribution in [0.25, 0.3) is 10.8 Å². The van der Waals surface area contributed by atoms with Crippen LogP contribution in [-0.4, -0.2) is 75.5 Å². The van der Waals surface area contributed by atoms with E-state index in [0.717, 1.165) is 36.1 Å². The van der Waals surface area contributed by atoms with Gasteiger partial charge in [-0.25, -0.2) is 14.4 Å². The van der Waals surface area contributed by atoms with Crippen molar-refractivity contribution >= 4 is 34.5 Å². The Morgan fingerprint density at radius 1 is 0.579 bits per heavy atom. The summed E-state index contributed by atoms with van der Waals surface area (Å²) >= 11 is 0. The lowest BCUT2D eigenvalue weighted by Crippen LogP contribution is -2.23. The number of hydrogen-bond donors (Lipinski definition) is 0. The summed E-state index contributed by atoms with van der Waals surface area (Å²) in [5, 5.41) is 1.65. The van der Waals surface area contributed by atoms with Crippen molar-refractivity contribution in [3.8, 4) is 17.2 Å². The van der Waals surface area contributed by atoms with E-state index in [4.69, 9.17) is 33.2 Å². The third kappa shape index (κ3) is 12.6. The summed E-state index contributed by atoms with van der Waals surface area (Å²) in [6.45, 7) is 14.4. The van der Waals surface area contributed by atoms with Gasteiger partial charge in [-0.2, -0.15) is 0 Å². The van der Waals surface area contributed by atoms with Crippen molar-refractivity contribution in [3.05, 3.63) is 127 Å². The highest BCUT2D eigenvalue weighted by Gasteiger charge is 2.43. The van der Waals surface area contributed by atoms with E-state index in [0.29, 0.717) is 110 Å². The number of rotatable bonds is 18. The molecule has 11 nitrogen and oxygen atoms in total. The van der Waals surface area contributed by atoms with Gasteiger partial charge in [0.1, 0.15) is 17.2 Å². The number of carbonyl (C=O) groups excluding carboxylic acids is 4. The third-order valence-electron chi connectivity index (χ3n) is 9.48. The molecule has 4 atom stereocenters. The summed E-state index contributed by atoms with van der Waals surface area (Å²) in [5.74, 6) is 1.34. The van der Waals surface area contributed by atoms with Gasteiger partial charge in [-0.05, 0) is 103 Å². The van der Waals surface area contributed by atoms with Crippen molar-refractivity contribution in [2.24, 2.45) is 11.8 Å². The zero-order valence-electron chi connectivity index (χ0n) is 32.5. The van der Waals surface area contributed by atoms with E-state index in [1.54, 1.807) is 78.9 Å². The monoisotopic (exact) mass is 778 g/mol. The lowest BCUT2D eigenvalue weighted by Gasteiger charge is -2.10. The van der Waals surface area contributed by atoms with Crippen molar-refractivity contribution in [2.75, 3.05) is 39.6 Å². The molecule has 0 radical (unpaired) electrons. The van der Waals surface area contributed by atoms with E-state index in [2.05, 4.69) is 27.0 Å². The number of benzene rings is 4. The quantitative estimate of drug-likeness (QED) is 0.0319. The van der Waals surface area contributed by atoms with Crippen molar-refractivity contribution in [1.82, 2.24) is 0 Å². The molecule has 0 N–H and O–H groups in total. The molecule has 4 aromatic carbocycles. The maximum absolute atomic E-state index is 13.2. The van der Waals surface area contributed by atoms with Crippen LogP contribution in [0.1, 0.15) is 65.8 Å². The summed E-state index contributed by atoms with van der Waals surface area (Å²) in [6.07, 6.45) is 5.82. The van der Waals surface area contributed by atoms with E-state index in [-0.39, 0.29) is 5.78 Å². The van der Waals surface area contributed by atoms with Crippen molar-refractivity contribution in [1.29, 1.82) is 0 Å². The van der Waals surface area contributed by atoms with Gasteiger partial charge in [0.2, 0.25) is 0 Å². The van der Waals surface area contributed by atoms with E-state index in [9.17, 15) is 19.2 Å². The smallest absolute Gasteiger partial charge is 0.343 e. The van der Waals surface area contributed by atoms with Crippen LogP contribution >= 0.6 is 0 Å². The second-order valence-corrected chi connectivity index (χ2v) is 13.9. The van der Waals surface area contributed by atoms with Crippen LogP contribution < -0.4 is 14.2 Å². The third-order valence-corrected chi connectivity index (χ3v) is 9.48. The van der Waals surface area contributed by atoms with Gasteiger partial charge in [0.25, 0.3) is 0 Å². The van der Waals surface area contributed by atoms with Gasteiger partial charge in [0.05, 0.1) is 57.4 Å². The fraction of sp³-hybridized carbons (Fsp3) is 0.348. The van der Waals surface area contributed by atoms with Gasteiger partial charge in [-0.1, -0.05) is 45.2 Å². The molecule has 0 aliphatic carbocycles. The molecule has 0 amide bonds. The highest BCUT2D eigenvalue weighted by atomic mass is 16.6. The molecule has 0 aromatic heterocycles. The van der Waals surface area contributed by atoms with Crippen LogP contribution in [0, 0.1) is 11.8 Å². The van der Waals surface area contributed by atoms with Crippen molar-refractivity contribution < 1.29 is 52.3 Å². The minimum absolute atomic E-state index is 0.126. The molecule has 0 bridgehead atoms. The first-order chi connectivity index (χ1) is 27.6. The molecule has 0 saturated carbocycles. The van der Waals surface area contributed by atoms with Gasteiger partial charge in [-0.3, -0.25) is 4.79 Å². The second kappa shape index (κ2) is 21.5. The highest BCUT2D eigenvalue weighted by molar-refractivity contribution is 6.10. The maximum atomic E-state index is 13.2. The first kappa shape index (κ1) is 42.4. The summed E-state index contributed by atoms with van der Waals surface area (Å²) in [5.41, 5.74) is 1.43. The maximum Gasteiger partial charge on any atom is 0.343 e. The summed E-state index contributed by atoms with van der Waals surface area (Å²) in [4.78, 5) is 48.0. The zero-order chi connectivity index (χ0) is 40.6. The predicted octanol–water partition coefficient (Wildman–Crippen LogP) is 8.12. The van der Waals surface area contributed by atoms with Gasteiger partial charge < -0.3 is 33.2 Å². The fourth-order valence-electron chi connectivity index (χ4n) is 6.28. The first-order valence-corrected chi connectivity index (χ1v) is 19.2. The molecule has 2 heterocycles. The molecule has 11 heteroatoms. The highest BCUT2D eigenvalue weighted by Crippen LogP contribution is 2.33. The Hall–Kier alpha value is -5.78. The summed E-state index contributed by atoms with van der Waals surface area (Å²) in [6, 6.07) is 24.2. The zero-order valence-corrected chi connectivity index (χ0v) is 32.5. The lowest BCUT2D eigenvalue weighted by atomic mass is 9.99. The molecule has 4 aromatic rings. The second-order valence-electron chi connectivity index (χ2n) is 13.9. The van der Waals surface area contributed by atoms with Gasteiger partial charge in [0, 0.05) is 35.1 Å². The number of carbonyl (C=O) groups is 4. The molecular weight excluding hydrogens is 728 g/mol. The molecule has 300 valence electrons. The molecule has 57 heavy (non-hydrogen) atoms. The number of ketones is 1. The van der Waals surface area contributed by atoms with Gasteiger partial charge in [0.15, 0.2) is 5.78 Å². The molecule has 2 aliphatic heterocycles. The fourth-order valence-corrected chi connectivity index (χ4v) is 6.28. The Kier molecular flexibility index (Phi) is 16.0. The molecule has 0 unspecified atom stereocenters. The van der Waals surface area contributed by atoms with Gasteiger partial charge in [-0.15, -0.1) is 0 Å². The number of hydrogen-bond acceptors (Lipinski definition) is 11. The Labute approximate surface area is 333 Å². The Morgan fingerprint density at radius 3 is 1.54 bits per heavy atom. The van der Waals surface area contributed by atoms with Crippen LogP contribution in [-0.2, 0) is 28.5 Å². The molecule has 2 aliphatic rings. The number of ether oxygens (including phenoxy) is 7.